The quantitative estimate of drug-likeness (QED) is 0.0307. The Morgan fingerprint density at radius 1 is 0.673 bits per heavy atom. The number of hydrogen-bond donors (Lipinski definition) is 6. The number of rotatable bonds is 33. The van der Waals surface area contributed by atoms with Crippen LogP contribution in [0, 0.1) is 0 Å². The van der Waals surface area contributed by atoms with Crippen molar-refractivity contribution in [2.24, 2.45) is 0 Å². The molecule has 1 amide bonds. The van der Waals surface area contributed by atoms with E-state index in [1.54, 1.807) is 6.08 Å². The SMILES string of the molecule is CCCCCC/C=C/C(O)C(COC1OC(CO)C(O)C(O)C1O)NC(=O)CCCCCCCCCCCCCCCCCCCCCC. The predicted molar refractivity (Wildman–Crippen MR) is 198 cm³/mol. The van der Waals surface area contributed by atoms with E-state index in [1.807, 2.05) is 6.08 Å². The van der Waals surface area contributed by atoms with Crippen LogP contribution >= 0.6 is 0 Å². The number of nitrogens with one attached hydrogen (secondary N) is 1. The summed E-state index contributed by atoms with van der Waals surface area (Å²) in [5.41, 5.74) is 0. The van der Waals surface area contributed by atoms with Gasteiger partial charge in [-0.05, 0) is 19.3 Å². The Morgan fingerprint density at radius 2 is 1.12 bits per heavy atom. The molecule has 1 fully saturated rings. The van der Waals surface area contributed by atoms with Crippen molar-refractivity contribution in [1.29, 1.82) is 0 Å². The minimum atomic E-state index is -1.56. The van der Waals surface area contributed by atoms with Crippen LogP contribution in [0.25, 0.3) is 0 Å². The minimum Gasteiger partial charge on any atom is -0.394 e. The van der Waals surface area contributed by atoms with Gasteiger partial charge in [-0.25, -0.2) is 0 Å². The molecule has 1 aliphatic rings. The summed E-state index contributed by atoms with van der Waals surface area (Å²) in [7, 11) is 0. The topological polar surface area (TPSA) is 149 Å². The normalized spacial score (nSPS) is 22.5. The van der Waals surface area contributed by atoms with Crippen LogP contribution in [-0.4, -0.2) is 87.5 Å². The number of carbonyl (C=O) groups is 1. The molecule has 1 heterocycles. The number of allylic oxidation sites excluding steroid dienone is 1. The van der Waals surface area contributed by atoms with E-state index in [0.29, 0.717) is 6.42 Å². The maximum absolute atomic E-state index is 12.8. The lowest BCUT2D eigenvalue weighted by atomic mass is 9.99. The molecule has 49 heavy (non-hydrogen) atoms. The first kappa shape index (κ1) is 46.0. The Bertz CT molecular complexity index is 781. The van der Waals surface area contributed by atoms with E-state index in [4.69, 9.17) is 9.47 Å². The highest BCUT2D eigenvalue weighted by Crippen LogP contribution is 2.22. The van der Waals surface area contributed by atoms with E-state index in [0.717, 1.165) is 44.9 Å². The van der Waals surface area contributed by atoms with Crippen LogP contribution in [0.4, 0.5) is 0 Å². The van der Waals surface area contributed by atoms with Gasteiger partial charge in [0, 0.05) is 6.42 Å². The van der Waals surface area contributed by atoms with Crippen molar-refractivity contribution >= 4 is 5.91 Å². The zero-order valence-electron chi connectivity index (χ0n) is 31.5. The molecular formula is C40H77NO8. The largest absolute Gasteiger partial charge is 0.394 e. The third-order valence-corrected chi connectivity index (χ3v) is 9.86. The lowest BCUT2D eigenvalue weighted by Crippen LogP contribution is -2.60. The summed E-state index contributed by atoms with van der Waals surface area (Å²) >= 11 is 0. The van der Waals surface area contributed by atoms with Crippen LogP contribution in [-0.2, 0) is 14.3 Å². The summed E-state index contributed by atoms with van der Waals surface area (Å²) in [5.74, 6) is -0.180. The molecule has 9 heteroatoms. The molecule has 9 nitrogen and oxygen atoms in total. The predicted octanol–water partition coefficient (Wildman–Crippen LogP) is 7.39. The molecule has 0 bridgehead atoms. The highest BCUT2D eigenvalue weighted by Gasteiger charge is 2.44. The van der Waals surface area contributed by atoms with Crippen LogP contribution in [0.5, 0.6) is 0 Å². The molecule has 290 valence electrons. The number of aliphatic hydroxyl groups excluding tert-OH is 5. The molecule has 6 N–H and O–H groups in total. The van der Waals surface area contributed by atoms with Crippen molar-refractivity contribution in [3.8, 4) is 0 Å². The number of amides is 1. The summed E-state index contributed by atoms with van der Waals surface area (Å²) in [6.07, 6.45) is 27.2. The van der Waals surface area contributed by atoms with Crippen LogP contribution in [0.15, 0.2) is 12.2 Å². The average molecular weight is 700 g/mol. The highest BCUT2D eigenvalue weighted by molar-refractivity contribution is 5.76. The molecule has 0 spiro atoms. The standard InChI is InChI=1S/C40H77NO8/c1-3-5-7-9-11-12-13-14-15-16-17-18-19-20-21-22-23-24-26-28-30-36(44)41-33(34(43)29-27-25-10-8-6-4-2)32-48-40-39(47)38(46)37(45)35(31-42)49-40/h27,29,33-35,37-40,42-43,45-47H,3-26,28,30-32H2,1-2H3,(H,41,44)/b29-27+. The lowest BCUT2D eigenvalue weighted by Gasteiger charge is -2.40. The van der Waals surface area contributed by atoms with Gasteiger partial charge in [0.15, 0.2) is 6.29 Å². The fourth-order valence-corrected chi connectivity index (χ4v) is 6.51. The van der Waals surface area contributed by atoms with Crippen LogP contribution < -0.4 is 5.32 Å². The van der Waals surface area contributed by atoms with Gasteiger partial charge in [-0.3, -0.25) is 4.79 Å². The molecule has 0 radical (unpaired) electrons. The smallest absolute Gasteiger partial charge is 0.220 e. The van der Waals surface area contributed by atoms with Crippen LogP contribution in [0.1, 0.15) is 181 Å². The van der Waals surface area contributed by atoms with Crippen molar-refractivity contribution in [2.75, 3.05) is 13.2 Å². The first-order valence-corrected chi connectivity index (χ1v) is 20.4. The van der Waals surface area contributed by atoms with E-state index in [1.165, 1.54) is 116 Å². The van der Waals surface area contributed by atoms with Crippen molar-refractivity contribution in [1.82, 2.24) is 5.32 Å². The number of ether oxygens (including phenoxy) is 2. The first-order valence-electron chi connectivity index (χ1n) is 20.4. The molecule has 0 aromatic heterocycles. The molecular weight excluding hydrogens is 622 g/mol. The fraction of sp³-hybridized carbons (Fsp3) is 0.925. The van der Waals surface area contributed by atoms with Crippen molar-refractivity contribution in [2.45, 2.75) is 224 Å². The maximum atomic E-state index is 12.8. The molecule has 0 aliphatic carbocycles. The number of aliphatic hydroxyl groups is 5. The second-order valence-corrected chi connectivity index (χ2v) is 14.4. The van der Waals surface area contributed by atoms with Gasteiger partial charge in [-0.2, -0.15) is 0 Å². The zero-order chi connectivity index (χ0) is 36.0. The monoisotopic (exact) mass is 700 g/mol. The first-order chi connectivity index (χ1) is 23.8. The van der Waals surface area contributed by atoms with Gasteiger partial charge in [-0.15, -0.1) is 0 Å². The van der Waals surface area contributed by atoms with Gasteiger partial charge in [0.2, 0.25) is 5.91 Å². The van der Waals surface area contributed by atoms with E-state index in [9.17, 15) is 30.3 Å². The summed E-state index contributed by atoms with van der Waals surface area (Å²) in [4.78, 5) is 12.8. The van der Waals surface area contributed by atoms with E-state index >= 15 is 0 Å². The van der Waals surface area contributed by atoms with Crippen LogP contribution in [0.3, 0.4) is 0 Å². The van der Waals surface area contributed by atoms with Crippen molar-refractivity contribution in [3.63, 3.8) is 0 Å². The summed E-state index contributed by atoms with van der Waals surface area (Å²) in [5, 5.41) is 53.6. The third kappa shape index (κ3) is 23.2. The number of hydrogen-bond acceptors (Lipinski definition) is 8. The van der Waals surface area contributed by atoms with E-state index < -0.39 is 49.5 Å². The van der Waals surface area contributed by atoms with E-state index in [-0.39, 0.29) is 12.5 Å². The van der Waals surface area contributed by atoms with Gasteiger partial charge in [-0.1, -0.05) is 167 Å². The summed E-state index contributed by atoms with van der Waals surface area (Å²) < 4.78 is 11.1. The van der Waals surface area contributed by atoms with Gasteiger partial charge < -0.3 is 40.3 Å². The van der Waals surface area contributed by atoms with Gasteiger partial charge in [0.05, 0.1) is 25.4 Å². The second-order valence-electron chi connectivity index (χ2n) is 14.4. The number of unbranched alkanes of at least 4 members (excludes halogenated alkanes) is 23. The highest BCUT2D eigenvalue weighted by atomic mass is 16.7. The van der Waals surface area contributed by atoms with Crippen LogP contribution in [0.2, 0.25) is 0 Å². The molecule has 1 rings (SSSR count). The summed E-state index contributed by atoms with van der Waals surface area (Å²) in [6.45, 7) is 3.69. The van der Waals surface area contributed by atoms with Gasteiger partial charge in [0.25, 0.3) is 0 Å². The Hall–Kier alpha value is -1.07. The van der Waals surface area contributed by atoms with Crippen molar-refractivity contribution in [3.05, 3.63) is 12.2 Å². The Labute approximate surface area is 299 Å². The molecule has 1 saturated heterocycles. The second kappa shape index (κ2) is 31.6. The zero-order valence-corrected chi connectivity index (χ0v) is 31.5. The molecule has 7 atom stereocenters. The van der Waals surface area contributed by atoms with Crippen molar-refractivity contribution < 1.29 is 39.8 Å². The Morgan fingerprint density at radius 3 is 1.59 bits per heavy atom. The van der Waals surface area contributed by atoms with Gasteiger partial charge >= 0.3 is 0 Å². The molecule has 0 aromatic carbocycles. The third-order valence-electron chi connectivity index (χ3n) is 9.86. The molecule has 0 saturated carbocycles. The fourth-order valence-electron chi connectivity index (χ4n) is 6.51. The summed E-state index contributed by atoms with van der Waals surface area (Å²) in [6, 6.07) is -0.795. The Balaban J connectivity index is 2.24. The maximum Gasteiger partial charge on any atom is 0.220 e. The molecule has 0 aromatic rings. The van der Waals surface area contributed by atoms with Gasteiger partial charge in [0.1, 0.15) is 24.4 Å². The Kier molecular flexibility index (Phi) is 29.7. The molecule has 7 unspecified atom stereocenters. The minimum absolute atomic E-state index is 0.180. The average Bonchev–Trinajstić information content (AvgIpc) is 3.10. The lowest BCUT2D eigenvalue weighted by molar-refractivity contribution is -0.302. The number of carbonyl (C=O) groups excluding carboxylic acids is 1. The van der Waals surface area contributed by atoms with E-state index in [2.05, 4.69) is 19.2 Å². The molecule has 1 aliphatic heterocycles.